The smallest absolute Gasteiger partial charge is 0.327 e. The molecule has 0 bridgehead atoms. The molecule has 5 heteroatoms. The number of amides is 1. The van der Waals surface area contributed by atoms with E-state index >= 15 is 0 Å². The van der Waals surface area contributed by atoms with Crippen molar-refractivity contribution in [3.63, 3.8) is 0 Å². The maximum Gasteiger partial charge on any atom is 0.327 e. The molecule has 0 radical (unpaired) electrons. The van der Waals surface area contributed by atoms with Crippen molar-refractivity contribution in [2.75, 3.05) is 20.2 Å². The highest BCUT2D eigenvalue weighted by Crippen LogP contribution is 2.43. The number of rotatable bonds is 1. The van der Waals surface area contributed by atoms with E-state index in [0.717, 1.165) is 11.1 Å². The molecule has 2 atom stereocenters. The molecule has 2 aliphatic heterocycles. The van der Waals surface area contributed by atoms with E-state index in [2.05, 4.69) is 5.32 Å². The maximum absolute atomic E-state index is 12.0. The lowest BCUT2D eigenvalue weighted by atomic mass is 10.0. The summed E-state index contributed by atoms with van der Waals surface area (Å²) in [5, 5.41) is 2.84. The van der Waals surface area contributed by atoms with E-state index in [1.807, 2.05) is 29.2 Å². The average Bonchev–Trinajstić information content (AvgIpc) is 2.73. The minimum absolute atomic E-state index is 0.0416. The molecule has 18 heavy (non-hydrogen) atoms. The van der Waals surface area contributed by atoms with Gasteiger partial charge in [-0.1, -0.05) is 24.3 Å². The van der Waals surface area contributed by atoms with Gasteiger partial charge in [0.25, 0.3) is 0 Å². The van der Waals surface area contributed by atoms with Crippen LogP contribution in [0.25, 0.3) is 0 Å². The molecule has 94 valence electrons. The first-order valence-electron chi connectivity index (χ1n) is 5.94. The monoisotopic (exact) mass is 246 g/mol. The molecule has 1 aromatic carbocycles. The summed E-state index contributed by atoms with van der Waals surface area (Å²) in [6.07, 6.45) is 0. The van der Waals surface area contributed by atoms with Gasteiger partial charge in [0.1, 0.15) is 12.1 Å². The molecule has 1 saturated heterocycles. The van der Waals surface area contributed by atoms with Crippen LogP contribution in [0.2, 0.25) is 0 Å². The van der Waals surface area contributed by atoms with Crippen LogP contribution in [0.4, 0.5) is 0 Å². The number of methoxy groups -OCH3 is 1. The van der Waals surface area contributed by atoms with Gasteiger partial charge in [-0.25, -0.2) is 4.79 Å². The number of benzene rings is 1. The zero-order valence-electron chi connectivity index (χ0n) is 10.1. The fraction of sp³-hybridized carbons (Fsp3) is 0.385. The van der Waals surface area contributed by atoms with Crippen LogP contribution < -0.4 is 5.32 Å². The second kappa shape index (κ2) is 4.10. The molecule has 1 aromatic rings. The van der Waals surface area contributed by atoms with Crippen LogP contribution in [-0.4, -0.2) is 37.0 Å². The molecule has 2 aliphatic rings. The van der Waals surface area contributed by atoms with Crippen molar-refractivity contribution in [1.29, 1.82) is 0 Å². The fourth-order valence-electron chi connectivity index (χ4n) is 2.84. The van der Waals surface area contributed by atoms with Gasteiger partial charge in [0.2, 0.25) is 5.91 Å². The number of esters is 1. The third kappa shape index (κ3) is 1.44. The standard InChI is InChI=1S/C13H14N2O3/c1-18-13(17)11-9-5-3-2-4-8(9)10-12(16)14-6-7-15(10)11/h2-5,10-11H,6-7H2,1H3,(H,14,16). The Labute approximate surface area is 105 Å². The van der Waals surface area contributed by atoms with Gasteiger partial charge in [-0.2, -0.15) is 0 Å². The first-order chi connectivity index (χ1) is 8.74. The average molecular weight is 246 g/mol. The van der Waals surface area contributed by atoms with E-state index in [-0.39, 0.29) is 17.9 Å². The van der Waals surface area contributed by atoms with E-state index in [1.165, 1.54) is 7.11 Å². The van der Waals surface area contributed by atoms with Crippen molar-refractivity contribution in [3.05, 3.63) is 35.4 Å². The van der Waals surface area contributed by atoms with Crippen molar-refractivity contribution in [2.45, 2.75) is 12.1 Å². The molecule has 3 rings (SSSR count). The maximum atomic E-state index is 12.0. The summed E-state index contributed by atoms with van der Waals surface area (Å²) in [5.74, 6) is -0.347. The van der Waals surface area contributed by atoms with Gasteiger partial charge < -0.3 is 10.1 Å². The predicted octanol–water partition coefficient (Wildman–Crippen LogP) is 0.387. The van der Waals surface area contributed by atoms with Crippen LogP contribution in [0.1, 0.15) is 23.2 Å². The van der Waals surface area contributed by atoms with Gasteiger partial charge in [0.05, 0.1) is 7.11 Å². The van der Waals surface area contributed by atoms with Crippen LogP contribution in [0.3, 0.4) is 0 Å². The topological polar surface area (TPSA) is 58.6 Å². The summed E-state index contributed by atoms with van der Waals surface area (Å²) >= 11 is 0. The van der Waals surface area contributed by atoms with Gasteiger partial charge in [-0.15, -0.1) is 0 Å². The fourth-order valence-corrected chi connectivity index (χ4v) is 2.84. The Morgan fingerprint density at radius 3 is 2.83 bits per heavy atom. The number of nitrogens with zero attached hydrogens (tertiary/aromatic N) is 1. The quantitative estimate of drug-likeness (QED) is 0.728. The van der Waals surface area contributed by atoms with Crippen LogP contribution in [0, 0.1) is 0 Å². The molecule has 2 unspecified atom stereocenters. The van der Waals surface area contributed by atoms with Crippen LogP contribution in [0.15, 0.2) is 24.3 Å². The molecule has 5 nitrogen and oxygen atoms in total. The molecule has 1 fully saturated rings. The number of piperazine rings is 1. The molecule has 0 aromatic heterocycles. The SMILES string of the molecule is COC(=O)C1c2ccccc2C2C(=O)NCCN21. The van der Waals surface area contributed by atoms with Gasteiger partial charge in [-0.3, -0.25) is 9.69 Å². The lowest BCUT2D eigenvalue weighted by Crippen LogP contribution is -2.49. The summed E-state index contributed by atoms with van der Waals surface area (Å²) in [7, 11) is 1.38. The van der Waals surface area contributed by atoms with Crippen molar-refractivity contribution in [3.8, 4) is 0 Å². The molecule has 0 spiro atoms. The summed E-state index contributed by atoms with van der Waals surface area (Å²) < 4.78 is 4.86. The normalized spacial score (nSPS) is 26.2. The van der Waals surface area contributed by atoms with Crippen molar-refractivity contribution in [2.24, 2.45) is 0 Å². The number of fused-ring (bicyclic) bond motifs is 3. The first-order valence-corrected chi connectivity index (χ1v) is 5.94. The summed E-state index contributed by atoms with van der Waals surface area (Å²) in [4.78, 5) is 25.8. The number of carbonyl (C=O) groups is 2. The van der Waals surface area contributed by atoms with E-state index in [4.69, 9.17) is 4.74 Å². The largest absolute Gasteiger partial charge is 0.468 e. The molecule has 2 heterocycles. The highest BCUT2D eigenvalue weighted by Gasteiger charge is 2.47. The summed E-state index contributed by atoms with van der Waals surface area (Å²) in [5.41, 5.74) is 1.79. The first kappa shape index (κ1) is 11.2. The molecular formula is C13H14N2O3. The number of carbonyl (C=O) groups excluding carboxylic acids is 2. The summed E-state index contributed by atoms with van der Waals surface area (Å²) in [6, 6.07) is 6.74. The lowest BCUT2D eigenvalue weighted by molar-refractivity contribution is -0.149. The Balaban J connectivity index is 2.11. The van der Waals surface area contributed by atoms with Crippen LogP contribution >= 0.6 is 0 Å². The lowest BCUT2D eigenvalue weighted by Gasteiger charge is -2.32. The molecular weight excluding hydrogens is 232 g/mol. The van der Waals surface area contributed by atoms with Gasteiger partial charge in [0, 0.05) is 13.1 Å². The van der Waals surface area contributed by atoms with E-state index < -0.39 is 6.04 Å². The van der Waals surface area contributed by atoms with Gasteiger partial charge in [-0.05, 0) is 11.1 Å². The summed E-state index contributed by atoms with van der Waals surface area (Å²) in [6.45, 7) is 1.22. The molecule has 1 N–H and O–H groups in total. The second-order valence-electron chi connectivity index (χ2n) is 4.49. The molecule has 0 saturated carbocycles. The number of hydrogen-bond donors (Lipinski definition) is 1. The Kier molecular flexibility index (Phi) is 2.56. The zero-order valence-corrected chi connectivity index (χ0v) is 10.1. The minimum atomic E-state index is -0.456. The van der Waals surface area contributed by atoms with Gasteiger partial charge in [0.15, 0.2) is 0 Å². The second-order valence-corrected chi connectivity index (χ2v) is 4.49. The highest BCUT2D eigenvalue weighted by molar-refractivity contribution is 5.89. The van der Waals surface area contributed by atoms with E-state index in [1.54, 1.807) is 0 Å². The third-order valence-corrected chi connectivity index (χ3v) is 3.59. The Morgan fingerprint density at radius 2 is 2.11 bits per heavy atom. The van der Waals surface area contributed by atoms with Crippen LogP contribution in [-0.2, 0) is 14.3 Å². The molecule has 0 aliphatic carbocycles. The predicted molar refractivity (Wildman–Crippen MR) is 63.7 cm³/mol. The van der Waals surface area contributed by atoms with Crippen LogP contribution in [0.5, 0.6) is 0 Å². The highest BCUT2D eigenvalue weighted by atomic mass is 16.5. The van der Waals surface area contributed by atoms with Crippen molar-refractivity contribution < 1.29 is 14.3 Å². The number of hydrogen-bond acceptors (Lipinski definition) is 4. The number of ether oxygens (including phenoxy) is 1. The third-order valence-electron chi connectivity index (χ3n) is 3.59. The number of nitrogens with one attached hydrogen (secondary N) is 1. The zero-order chi connectivity index (χ0) is 12.7. The van der Waals surface area contributed by atoms with E-state index in [0.29, 0.717) is 13.1 Å². The van der Waals surface area contributed by atoms with Crippen molar-refractivity contribution >= 4 is 11.9 Å². The minimum Gasteiger partial charge on any atom is -0.468 e. The Hall–Kier alpha value is -1.88. The van der Waals surface area contributed by atoms with E-state index in [9.17, 15) is 9.59 Å². The Bertz CT molecular complexity index is 515. The van der Waals surface area contributed by atoms with Gasteiger partial charge >= 0.3 is 5.97 Å². The molecule has 1 amide bonds. The van der Waals surface area contributed by atoms with Crippen molar-refractivity contribution in [1.82, 2.24) is 10.2 Å². The Morgan fingerprint density at radius 1 is 1.39 bits per heavy atom.